The van der Waals surface area contributed by atoms with Crippen LogP contribution in [0.5, 0.6) is 0 Å². The van der Waals surface area contributed by atoms with Gasteiger partial charge in [0, 0.05) is 52.4 Å². The summed E-state index contributed by atoms with van der Waals surface area (Å²) in [5, 5.41) is 3.44. The highest BCUT2D eigenvalue weighted by atomic mass is 19.1. The minimum Gasteiger partial charge on any atom is -0.383 e. The summed E-state index contributed by atoms with van der Waals surface area (Å²) in [6.07, 6.45) is 0. The number of para-hydroxylation sites is 1. The number of anilines is 1. The molecule has 1 aromatic carbocycles. The molecule has 1 aliphatic heterocycles. The monoisotopic (exact) mass is 295 g/mol. The first-order valence-electron chi connectivity index (χ1n) is 7.65. The van der Waals surface area contributed by atoms with Gasteiger partial charge in [-0.25, -0.2) is 4.39 Å². The molecule has 1 unspecified atom stereocenters. The Hall–Kier alpha value is -1.17. The first-order chi connectivity index (χ1) is 10.2. The van der Waals surface area contributed by atoms with Crippen LogP contribution in [0.2, 0.25) is 0 Å². The van der Waals surface area contributed by atoms with Crippen LogP contribution in [0.15, 0.2) is 24.3 Å². The van der Waals surface area contributed by atoms with Gasteiger partial charge in [-0.2, -0.15) is 0 Å². The normalized spacial score (nSPS) is 18.0. The highest BCUT2D eigenvalue weighted by Gasteiger charge is 2.18. The van der Waals surface area contributed by atoms with Crippen molar-refractivity contribution in [1.29, 1.82) is 0 Å². The van der Waals surface area contributed by atoms with Crippen molar-refractivity contribution in [3.8, 4) is 0 Å². The van der Waals surface area contributed by atoms with Crippen molar-refractivity contribution in [2.24, 2.45) is 0 Å². The fourth-order valence-corrected chi connectivity index (χ4v) is 2.70. The largest absolute Gasteiger partial charge is 0.383 e. The number of hydrogen-bond donors (Lipinski definition) is 1. The van der Waals surface area contributed by atoms with Gasteiger partial charge in [-0.15, -0.1) is 0 Å². The second-order valence-electron chi connectivity index (χ2n) is 5.59. The third-order valence-corrected chi connectivity index (χ3v) is 3.90. The summed E-state index contributed by atoms with van der Waals surface area (Å²) in [6.45, 7) is 8.58. The summed E-state index contributed by atoms with van der Waals surface area (Å²) in [7, 11) is 1.72. The van der Waals surface area contributed by atoms with E-state index in [1.54, 1.807) is 13.2 Å². The van der Waals surface area contributed by atoms with Crippen molar-refractivity contribution >= 4 is 5.69 Å². The minimum absolute atomic E-state index is 0.124. The molecule has 0 amide bonds. The van der Waals surface area contributed by atoms with Crippen LogP contribution in [0.4, 0.5) is 10.1 Å². The predicted octanol–water partition coefficient (Wildman–Crippen LogP) is 1.57. The molecule has 118 valence electrons. The Bertz CT molecular complexity index is 422. The third-order valence-electron chi connectivity index (χ3n) is 3.90. The van der Waals surface area contributed by atoms with Gasteiger partial charge in [-0.05, 0) is 19.1 Å². The lowest BCUT2D eigenvalue weighted by atomic mass is 10.2. The Labute approximate surface area is 126 Å². The van der Waals surface area contributed by atoms with Crippen molar-refractivity contribution in [2.75, 3.05) is 57.9 Å². The van der Waals surface area contributed by atoms with Crippen LogP contribution in [0.25, 0.3) is 0 Å². The number of methoxy groups -OCH3 is 1. The number of ether oxygens (including phenoxy) is 1. The molecule has 0 aliphatic carbocycles. The highest BCUT2D eigenvalue weighted by molar-refractivity contribution is 5.47. The van der Waals surface area contributed by atoms with E-state index in [0.717, 1.165) is 51.6 Å². The van der Waals surface area contributed by atoms with Crippen molar-refractivity contribution in [1.82, 2.24) is 10.2 Å². The number of rotatable bonds is 7. The van der Waals surface area contributed by atoms with Crippen LogP contribution in [0, 0.1) is 5.82 Å². The molecule has 0 spiro atoms. The smallest absolute Gasteiger partial charge is 0.146 e. The van der Waals surface area contributed by atoms with Gasteiger partial charge in [0.25, 0.3) is 0 Å². The first-order valence-corrected chi connectivity index (χ1v) is 7.65. The first kappa shape index (κ1) is 16.2. The molecule has 0 saturated carbocycles. The predicted molar refractivity (Wildman–Crippen MR) is 84.4 cm³/mol. The molecule has 4 nitrogen and oxygen atoms in total. The van der Waals surface area contributed by atoms with Crippen molar-refractivity contribution in [3.63, 3.8) is 0 Å². The zero-order valence-electron chi connectivity index (χ0n) is 13.0. The van der Waals surface area contributed by atoms with Crippen LogP contribution in [-0.4, -0.2) is 63.9 Å². The molecule has 1 aliphatic rings. The topological polar surface area (TPSA) is 27.7 Å². The molecule has 0 bridgehead atoms. The molecule has 1 saturated heterocycles. The SMILES string of the molecule is COCC(C)NCCN1CCN(c2ccccc2F)CC1. The maximum Gasteiger partial charge on any atom is 0.146 e. The van der Waals surface area contributed by atoms with E-state index in [9.17, 15) is 4.39 Å². The molecule has 2 rings (SSSR count). The molecule has 5 heteroatoms. The van der Waals surface area contributed by atoms with Gasteiger partial charge in [0.2, 0.25) is 0 Å². The lowest BCUT2D eigenvalue weighted by Gasteiger charge is -2.36. The lowest BCUT2D eigenvalue weighted by Crippen LogP contribution is -2.49. The quantitative estimate of drug-likeness (QED) is 0.826. The third kappa shape index (κ3) is 4.95. The molecule has 0 aromatic heterocycles. The average molecular weight is 295 g/mol. The minimum atomic E-state index is -0.124. The Kier molecular flexibility index (Phi) is 6.42. The van der Waals surface area contributed by atoms with Crippen molar-refractivity contribution in [3.05, 3.63) is 30.1 Å². The summed E-state index contributed by atoms with van der Waals surface area (Å²) in [4.78, 5) is 4.55. The number of hydrogen-bond acceptors (Lipinski definition) is 4. The zero-order chi connectivity index (χ0) is 15.1. The van der Waals surface area contributed by atoms with Gasteiger partial charge >= 0.3 is 0 Å². The van der Waals surface area contributed by atoms with Crippen LogP contribution < -0.4 is 10.2 Å². The maximum absolute atomic E-state index is 13.8. The van der Waals surface area contributed by atoms with E-state index in [1.165, 1.54) is 6.07 Å². The van der Waals surface area contributed by atoms with E-state index >= 15 is 0 Å². The van der Waals surface area contributed by atoms with Gasteiger partial charge in [0.15, 0.2) is 0 Å². The average Bonchev–Trinajstić information content (AvgIpc) is 2.49. The van der Waals surface area contributed by atoms with Crippen LogP contribution >= 0.6 is 0 Å². The number of halogens is 1. The second-order valence-corrected chi connectivity index (χ2v) is 5.59. The highest BCUT2D eigenvalue weighted by Crippen LogP contribution is 2.19. The van der Waals surface area contributed by atoms with Gasteiger partial charge < -0.3 is 15.0 Å². The molecule has 1 aromatic rings. The number of benzene rings is 1. The summed E-state index contributed by atoms with van der Waals surface area (Å²) < 4.78 is 18.9. The number of nitrogens with zero attached hydrogens (tertiary/aromatic N) is 2. The maximum atomic E-state index is 13.8. The van der Waals surface area contributed by atoms with Crippen LogP contribution in [0.3, 0.4) is 0 Å². The number of piperazine rings is 1. The molecular weight excluding hydrogens is 269 g/mol. The van der Waals surface area contributed by atoms with E-state index < -0.39 is 0 Å². The summed E-state index contributed by atoms with van der Waals surface area (Å²) in [5.41, 5.74) is 0.726. The Morgan fingerprint density at radius 2 is 1.95 bits per heavy atom. The second kappa shape index (κ2) is 8.32. The Morgan fingerprint density at radius 1 is 1.24 bits per heavy atom. The lowest BCUT2D eigenvalue weighted by molar-refractivity contribution is 0.168. The van der Waals surface area contributed by atoms with E-state index in [0.29, 0.717) is 6.04 Å². The van der Waals surface area contributed by atoms with Gasteiger partial charge in [-0.1, -0.05) is 12.1 Å². The summed E-state index contributed by atoms with van der Waals surface area (Å²) in [5.74, 6) is -0.124. The van der Waals surface area contributed by atoms with Gasteiger partial charge in [0.1, 0.15) is 5.82 Å². The fourth-order valence-electron chi connectivity index (χ4n) is 2.70. The molecule has 0 radical (unpaired) electrons. The van der Waals surface area contributed by atoms with Crippen LogP contribution in [0.1, 0.15) is 6.92 Å². The van der Waals surface area contributed by atoms with E-state index in [4.69, 9.17) is 4.74 Å². The molecule has 1 N–H and O–H groups in total. The molecule has 1 fully saturated rings. The zero-order valence-corrected chi connectivity index (χ0v) is 13.0. The fraction of sp³-hybridized carbons (Fsp3) is 0.625. The molecule has 1 heterocycles. The molecular formula is C16H26FN3O. The molecule has 21 heavy (non-hydrogen) atoms. The summed E-state index contributed by atoms with van der Waals surface area (Å²) >= 11 is 0. The van der Waals surface area contributed by atoms with E-state index in [1.807, 2.05) is 12.1 Å². The Balaban J connectivity index is 1.70. The van der Waals surface area contributed by atoms with Gasteiger partial charge in [0.05, 0.1) is 12.3 Å². The Morgan fingerprint density at radius 3 is 2.62 bits per heavy atom. The molecule has 1 atom stereocenters. The standard InChI is InChI=1S/C16H26FN3O/c1-14(13-21-2)18-7-8-19-9-11-20(12-10-19)16-6-4-3-5-15(16)17/h3-6,14,18H,7-13H2,1-2H3. The summed E-state index contributed by atoms with van der Waals surface area (Å²) in [6, 6.07) is 7.41. The van der Waals surface area contributed by atoms with E-state index in [2.05, 4.69) is 22.0 Å². The van der Waals surface area contributed by atoms with Gasteiger partial charge in [-0.3, -0.25) is 4.90 Å². The van der Waals surface area contributed by atoms with Crippen molar-refractivity contribution < 1.29 is 9.13 Å². The number of nitrogens with one attached hydrogen (secondary N) is 1. The van der Waals surface area contributed by atoms with E-state index in [-0.39, 0.29) is 5.82 Å². The van der Waals surface area contributed by atoms with Crippen LogP contribution in [-0.2, 0) is 4.74 Å². The van der Waals surface area contributed by atoms with Crippen molar-refractivity contribution in [2.45, 2.75) is 13.0 Å².